The minimum atomic E-state index is -5.06. The number of carboxylic acid groups (broad SMARTS) is 1. The number of hydrogen-bond donors (Lipinski definition) is 2. The molecule has 0 saturated carbocycles. The van der Waals surface area contributed by atoms with E-state index in [0.717, 1.165) is 4.90 Å². The third kappa shape index (κ3) is 7.27. The first kappa shape index (κ1) is 35.1. The first-order valence-electron chi connectivity index (χ1n) is 14.8. The molecule has 3 N–H and O–H groups in total. The van der Waals surface area contributed by atoms with Crippen molar-refractivity contribution in [3.05, 3.63) is 70.4 Å². The predicted octanol–water partition coefficient (Wildman–Crippen LogP) is 6.12. The van der Waals surface area contributed by atoms with Gasteiger partial charge in [0.1, 0.15) is 24.2 Å². The van der Waals surface area contributed by atoms with Crippen LogP contribution < -0.4 is 20.1 Å². The second-order valence-electron chi connectivity index (χ2n) is 12.0. The third-order valence-corrected chi connectivity index (χ3v) is 8.13. The van der Waals surface area contributed by atoms with Crippen LogP contribution in [0.3, 0.4) is 0 Å². The lowest BCUT2D eigenvalue weighted by Crippen LogP contribution is -2.61. The Labute approximate surface area is 271 Å². The van der Waals surface area contributed by atoms with E-state index >= 15 is 0 Å². The lowest BCUT2D eigenvalue weighted by atomic mass is 9.83. The summed E-state index contributed by atoms with van der Waals surface area (Å²) in [6, 6.07) is 4.21. The van der Waals surface area contributed by atoms with Crippen LogP contribution in [0.25, 0.3) is 0 Å². The number of pyridine rings is 1. The number of halogens is 6. The Balaban J connectivity index is 1.62. The maximum Gasteiger partial charge on any atom is 0.416 e. The van der Waals surface area contributed by atoms with E-state index in [1.807, 2.05) is 0 Å². The zero-order valence-corrected chi connectivity index (χ0v) is 26.3. The lowest BCUT2D eigenvalue weighted by molar-refractivity contribution is -0.143. The van der Waals surface area contributed by atoms with Gasteiger partial charge in [-0.05, 0) is 56.5 Å². The van der Waals surface area contributed by atoms with Crippen LogP contribution in [-0.2, 0) is 28.2 Å². The van der Waals surface area contributed by atoms with Crippen molar-refractivity contribution in [3.63, 3.8) is 0 Å². The normalized spacial score (nSPS) is 22.4. The molecule has 5 rings (SSSR count). The maximum atomic E-state index is 13.7. The van der Waals surface area contributed by atoms with Gasteiger partial charge in [-0.25, -0.2) is 19.7 Å². The molecule has 48 heavy (non-hydrogen) atoms. The monoisotopic (exact) mass is 685 g/mol. The summed E-state index contributed by atoms with van der Waals surface area (Å²) in [5.74, 6) is -1.57. The van der Waals surface area contributed by atoms with E-state index in [-0.39, 0.29) is 72.2 Å². The van der Waals surface area contributed by atoms with Crippen molar-refractivity contribution in [2.75, 3.05) is 25.2 Å². The van der Waals surface area contributed by atoms with Crippen LogP contribution in [0, 0.1) is 0 Å². The van der Waals surface area contributed by atoms with Crippen molar-refractivity contribution in [2.24, 2.45) is 5.73 Å². The van der Waals surface area contributed by atoms with Crippen molar-refractivity contribution in [2.45, 2.75) is 75.9 Å². The quantitative estimate of drug-likeness (QED) is 0.266. The number of methoxy groups -OCH3 is 1. The number of anilines is 1. The number of aromatic nitrogens is 3. The molecule has 0 bridgehead atoms. The molecule has 1 fully saturated rings. The Morgan fingerprint density at radius 1 is 1.10 bits per heavy atom. The van der Waals surface area contributed by atoms with Crippen molar-refractivity contribution >= 4 is 11.8 Å². The van der Waals surface area contributed by atoms with Gasteiger partial charge in [0.05, 0.1) is 54.0 Å². The number of carbonyl (C=O) groups is 1. The smallest absolute Gasteiger partial charge is 0.416 e. The van der Waals surface area contributed by atoms with Gasteiger partial charge >= 0.3 is 18.4 Å². The van der Waals surface area contributed by atoms with Gasteiger partial charge in [0, 0.05) is 12.5 Å². The Morgan fingerprint density at radius 2 is 1.77 bits per heavy atom. The average Bonchev–Trinajstić information content (AvgIpc) is 3.36. The van der Waals surface area contributed by atoms with Crippen LogP contribution in [0.15, 0.2) is 36.5 Å². The fraction of sp³-hybridized carbons (Fsp3) is 0.484. The molecule has 2 aliphatic heterocycles. The molecule has 17 heteroatoms. The fourth-order valence-corrected chi connectivity index (χ4v) is 5.78. The van der Waals surface area contributed by atoms with E-state index in [1.54, 1.807) is 20.8 Å². The lowest BCUT2D eigenvalue weighted by Gasteiger charge is -2.45. The second kappa shape index (κ2) is 12.7. The number of fused-ring (bicyclic) bond motifs is 1. The Morgan fingerprint density at radius 3 is 2.31 bits per heavy atom. The number of rotatable bonds is 8. The largest absolute Gasteiger partial charge is 0.487 e. The summed E-state index contributed by atoms with van der Waals surface area (Å²) in [6.07, 6.45) is -11.1. The van der Waals surface area contributed by atoms with Gasteiger partial charge in [0.25, 0.3) is 0 Å². The summed E-state index contributed by atoms with van der Waals surface area (Å²) in [5, 5.41) is 10.1. The molecule has 1 aromatic carbocycles. The molecule has 2 aromatic heterocycles. The highest BCUT2D eigenvalue weighted by Crippen LogP contribution is 2.45. The highest BCUT2D eigenvalue weighted by molar-refractivity contribution is 5.89. The molecule has 0 radical (unpaired) electrons. The molecule has 3 aromatic rings. The molecule has 0 aliphatic carbocycles. The van der Waals surface area contributed by atoms with Crippen molar-refractivity contribution in [1.29, 1.82) is 0 Å². The summed E-state index contributed by atoms with van der Waals surface area (Å²) in [7, 11) is 1.37. The van der Waals surface area contributed by atoms with Gasteiger partial charge in [-0.1, -0.05) is 6.92 Å². The topological polar surface area (TPSA) is 142 Å². The molecular formula is C31H33F6N5O6. The van der Waals surface area contributed by atoms with Crippen LogP contribution in [0.4, 0.5) is 36.8 Å². The van der Waals surface area contributed by atoms with E-state index in [2.05, 4.69) is 15.0 Å². The number of nitrogens with two attached hydrogens (primary N) is 1. The molecule has 260 valence electrons. The summed E-state index contributed by atoms with van der Waals surface area (Å²) >= 11 is 0. The van der Waals surface area contributed by atoms with E-state index in [9.17, 15) is 36.2 Å². The Kier molecular flexibility index (Phi) is 9.26. The van der Waals surface area contributed by atoms with Gasteiger partial charge in [-0.2, -0.15) is 26.3 Å². The Bertz CT molecular complexity index is 1650. The number of alkyl halides is 6. The van der Waals surface area contributed by atoms with E-state index < -0.39 is 59.5 Å². The Hall–Kier alpha value is -4.22. The zero-order valence-electron chi connectivity index (χ0n) is 26.3. The van der Waals surface area contributed by atoms with Crippen LogP contribution in [0.1, 0.15) is 73.4 Å². The summed E-state index contributed by atoms with van der Waals surface area (Å²) in [5.41, 5.74) is 2.18. The first-order valence-corrected chi connectivity index (χ1v) is 14.8. The predicted molar refractivity (Wildman–Crippen MR) is 157 cm³/mol. The maximum absolute atomic E-state index is 13.7. The number of benzene rings is 1. The highest BCUT2D eigenvalue weighted by Gasteiger charge is 2.47. The third-order valence-electron chi connectivity index (χ3n) is 8.13. The van der Waals surface area contributed by atoms with Gasteiger partial charge < -0.3 is 29.8 Å². The van der Waals surface area contributed by atoms with Crippen molar-refractivity contribution in [3.8, 4) is 11.6 Å². The second-order valence-corrected chi connectivity index (χ2v) is 12.0. The minimum Gasteiger partial charge on any atom is -0.487 e. The fourth-order valence-electron chi connectivity index (χ4n) is 5.78. The minimum absolute atomic E-state index is 0.0191. The van der Waals surface area contributed by atoms with Crippen molar-refractivity contribution < 1.29 is 55.2 Å². The molecule has 11 nitrogen and oxygen atoms in total. The van der Waals surface area contributed by atoms with Crippen LogP contribution in [-0.4, -0.2) is 64.0 Å². The van der Waals surface area contributed by atoms with E-state index in [4.69, 9.17) is 24.7 Å². The number of ether oxygens (including phenoxy) is 4. The van der Waals surface area contributed by atoms with E-state index in [0.29, 0.717) is 12.1 Å². The van der Waals surface area contributed by atoms with Gasteiger partial charge in [-0.3, -0.25) is 4.90 Å². The number of amides is 1. The summed E-state index contributed by atoms with van der Waals surface area (Å²) in [4.78, 5) is 26.9. The standard InChI is InChI=1S/C31H33F6N5O6/c1-5-29(38)12-20(25-22(42(29)27(43)44)6-7-24(41-25)45-4)26-39-13-23(46-14-19-15-47-28(2,3)48-19)21(40-26)10-16-8-17(30(32,33)34)11-18(9-16)31(35,36)37/h6-9,11,13,19-20H,5,10,12,14-15,38H2,1-4H3,(H,43,44)/t19?,20-,29+/m0/s1. The van der Waals surface area contributed by atoms with Crippen LogP contribution in [0.5, 0.6) is 11.6 Å². The van der Waals surface area contributed by atoms with E-state index in [1.165, 1.54) is 25.4 Å². The molecule has 1 saturated heterocycles. The molecular weight excluding hydrogens is 652 g/mol. The van der Waals surface area contributed by atoms with Gasteiger partial charge in [0.2, 0.25) is 5.88 Å². The zero-order chi connectivity index (χ0) is 35.2. The summed E-state index contributed by atoms with van der Waals surface area (Å²) in [6.45, 7) is 5.18. The first-order chi connectivity index (χ1) is 22.3. The van der Waals surface area contributed by atoms with Gasteiger partial charge in [0.15, 0.2) is 11.5 Å². The molecule has 4 heterocycles. The van der Waals surface area contributed by atoms with Crippen LogP contribution >= 0.6 is 0 Å². The van der Waals surface area contributed by atoms with Crippen LogP contribution in [0.2, 0.25) is 0 Å². The van der Waals surface area contributed by atoms with Gasteiger partial charge in [-0.15, -0.1) is 0 Å². The number of nitrogens with zero attached hydrogens (tertiary/aromatic N) is 4. The highest BCUT2D eigenvalue weighted by atomic mass is 19.4. The molecule has 3 atom stereocenters. The number of hydrogen-bond acceptors (Lipinski definition) is 9. The molecule has 1 unspecified atom stereocenters. The molecule has 1 amide bonds. The average molecular weight is 686 g/mol. The molecule has 2 aliphatic rings. The van der Waals surface area contributed by atoms with Crippen molar-refractivity contribution in [1.82, 2.24) is 15.0 Å². The SMILES string of the molecule is CC[C@]1(N)C[C@H](c2ncc(OCC3COC(C)(C)O3)c(Cc3cc(C(F)(F)F)cc(C(F)(F)F)c3)n2)c2nc(OC)ccc2N1C(=O)O. The molecule has 0 spiro atoms. The summed E-state index contributed by atoms with van der Waals surface area (Å²) < 4.78 is 105.